The van der Waals surface area contributed by atoms with Crippen LogP contribution in [0.3, 0.4) is 0 Å². The van der Waals surface area contributed by atoms with Gasteiger partial charge >= 0.3 is 5.97 Å². The molecule has 17 heavy (non-hydrogen) atoms. The summed E-state index contributed by atoms with van der Waals surface area (Å²) in [5.41, 5.74) is 5.08. The number of hydrogen-bond donors (Lipinski definition) is 3. The van der Waals surface area contributed by atoms with Crippen molar-refractivity contribution in [2.45, 2.75) is 37.8 Å². The third-order valence-electron chi connectivity index (χ3n) is 2.53. The number of carboxylic acids is 1. The second-order valence-corrected chi connectivity index (χ2v) is 3.90. The highest BCUT2D eigenvalue weighted by molar-refractivity contribution is 5.88. The van der Waals surface area contributed by atoms with E-state index in [0.717, 1.165) is 6.42 Å². The van der Waals surface area contributed by atoms with Crippen molar-refractivity contribution in [3.05, 3.63) is 0 Å². The van der Waals surface area contributed by atoms with Crippen LogP contribution < -0.4 is 11.1 Å². The molecule has 1 aliphatic rings. The molecule has 0 radical (unpaired) electrons. The molecule has 0 aromatic carbocycles. The van der Waals surface area contributed by atoms with E-state index in [-0.39, 0.29) is 12.8 Å². The molecule has 0 aromatic heterocycles. The molecule has 7 nitrogen and oxygen atoms in total. The Morgan fingerprint density at radius 2 is 2.18 bits per heavy atom. The van der Waals surface area contributed by atoms with E-state index in [1.54, 1.807) is 0 Å². The lowest BCUT2D eigenvalue weighted by Crippen LogP contribution is -2.48. The van der Waals surface area contributed by atoms with Gasteiger partial charge in [-0.1, -0.05) is 0 Å². The summed E-state index contributed by atoms with van der Waals surface area (Å²) in [4.78, 5) is 33.0. The summed E-state index contributed by atoms with van der Waals surface area (Å²) in [6.07, 6.45) is 0.620. The highest BCUT2D eigenvalue weighted by atomic mass is 16.5. The number of ether oxygens (including phenoxy) is 1. The molecule has 0 aliphatic carbocycles. The third kappa shape index (κ3) is 4.39. The van der Waals surface area contributed by atoms with Crippen molar-refractivity contribution in [1.29, 1.82) is 0 Å². The summed E-state index contributed by atoms with van der Waals surface area (Å²) in [7, 11) is 0. The van der Waals surface area contributed by atoms with Crippen LogP contribution in [0.25, 0.3) is 0 Å². The molecule has 2 atom stereocenters. The third-order valence-corrected chi connectivity index (χ3v) is 2.53. The summed E-state index contributed by atoms with van der Waals surface area (Å²) >= 11 is 0. The van der Waals surface area contributed by atoms with E-state index < -0.39 is 29.9 Å². The van der Waals surface area contributed by atoms with Gasteiger partial charge in [0.05, 0.1) is 0 Å². The molecule has 2 amide bonds. The minimum Gasteiger partial charge on any atom is -0.481 e. The average Bonchev–Trinajstić information content (AvgIpc) is 2.76. The Hall–Kier alpha value is -1.63. The predicted octanol–water partition coefficient (Wildman–Crippen LogP) is -1.000. The van der Waals surface area contributed by atoms with E-state index in [1.807, 2.05) is 0 Å². The monoisotopic (exact) mass is 244 g/mol. The Kier molecular flexibility index (Phi) is 4.89. The molecular formula is C10H16N2O5. The molecule has 1 fully saturated rings. The largest absolute Gasteiger partial charge is 0.481 e. The summed E-state index contributed by atoms with van der Waals surface area (Å²) in [5, 5.41) is 10.9. The van der Waals surface area contributed by atoms with Crippen molar-refractivity contribution in [2.75, 3.05) is 6.61 Å². The van der Waals surface area contributed by atoms with E-state index in [1.165, 1.54) is 0 Å². The number of nitrogens with one attached hydrogen (secondary N) is 1. The Morgan fingerprint density at radius 1 is 1.47 bits per heavy atom. The van der Waals surface area contributed by atoms with Gasteiger partial charge in [0.1, 0.15) is 12.1 Å². The van der Waals surface area contributed by atoms with Crippen LogP contribution in [0.1, 0.15) is 25.7 Å². The van der Waals surface area contributed by atoms with E-state index in [9.17, 15) is 14.4 Å². The quantitative estimate of drug-likeness (QED) is 0.553. The lowest BCUT2D eigenvalue weighted by molar-refractivity contribution is -0.138. The molecule has 0 aromatic rings. The maximum atomic E-state index is 11.6. The van der Waals surface area contributed by atoms with Gasteiger partial charge in [0, 0.05) is 13.0 Å². The Morgan fingerprint density at radius 3 is 2.65 bits per heavy atom. The van der Waals surface area contributed by atoms with Crippen LogP contribution in [0.2, 0.25) is 0 Å². The summed E-state index contributed by atoms with van der Waals surface area (Å²) < 4.78 is 5.14. The number of carboxylic acid groups (broad SMARTS) is 1. The first kappa shape index (κ1) is 13.4. The number of nitrogens with two attached hydrogens (primary N) is 1. The summed E-state index contributed by atoms with van der Waals surface area (Å²) in [6, 6.07) is -0.956. The molecule has 1 saturated heterocycles. The maximum Gasteiger partial charge on any atom is 0.303 e. The van der Waals surface area contributed by atoms with Crippen LogP contribution >= 0.6 is 0 Å². The number of carbonyl (C=O) groups excluding carboxylic acids is 2. The molecule has 1 rings (SSSR count). The fraction of sp³-hybridized carbons (Fsp3) is 0.700. The van der Waals surface area contributed by atoms with Crippen molar-refractivity contribution in [3.8, 4) is 0 Å². The lowest BCUT2D eigenvalue weighted by Gasteiger charge is -2.17. The number of carbonyl (C=O) groups is 3. The molecule has 0 saturated carbocycles. The van der Waals surface area contributed by atoms with Crippen LogP contribution in [0, 0.1) is 0 Å². The molecule has 4 N–H and O–H groups in total. The SMILES string of the molecule is NC(=O)[C@@H](CCC(=O)O)NC(=O)[C@H]1CCCO1. The first-order chi connectivity index (χ1) is 8.00. The van der Waals surface area contributed by atoms with Crippen LogP contribution in [0.4, 0.5) is 0 Å². The van der Waals surface area contributed by atoms with Crippen LogP contribution in [-0.2, 0) is 19.1 Å². The second kappa shape index (κ2) is 6.19. The van der Waals surface area contributed by atoms with Crippen LogP contribution in [0.15, 0.2) is 0 Å². The van der Waals surface area contributed by atoms with Crippen LogP contribution in [0.5, 0.6) is 0 Å². The number of amides is 2. The maximum absolute atomic E-state index is 11.6. The minimum atomic E-state index is -1.04. The average molecular weight is 244 g/mol. The number of aliphatic carboxylic acids is 1. The molecule has 1 aliphatic heterocycles. The fourth-order valence-corrected chi connectivity index (χ4v) is 1.60. The highest BCUT2D eigenvalue weighted by Gasteiger charge is 2.27. The standard InChI is InChI=1S/C10H16N2O5/c11-9(15)6(3-4-8(13)14)12-10(16)7-2-1-5-17-7/h6-7H,1-5H2,(H2,11,15)(H,12,16)(H,13,14)/t6-,7-/m1/s1. The van der Waals surface area contributed by atoms with E-state index in [0.29, 0.717) is 13.0 Å². The molecule has 7 heteroatoms. The smallest absolute Gasteiger partial charge is 0.303 e. The second-order valence-electron chi connectivity index (χ2n) is 3.90. The zero-order chi connectivity index (χ0) is 12.8. The normalized spacial score (nSPS) is 20.8. The van der Waals surface area contributed by atoms with Gasteiger partial charge in [-0.15, -0.1) is 0 Å². The van der Waals surface area contributed by atoms with E-state index >= 15 is 0 Å². The fourth-order valence-electron chi connectivity index (χ4n) is 1.60. The first-order valence-corrected chi connectivity index (χ1v) is 5.44. The van der Waals surface area contributed by atoms with Crippen molar-refractivity contribution in [1.82, 2.24) is 5.32 Å². The minimum absolute atomic E-state index is 0.0108. The molecule has 1 heterocycles. The molecule has 0 bridgehead atoms. The van der Waals surface area contributed by atoms with Crippen molar-refractivity contribution in [2.24, 2.45) is 5.73 Å². The number of primary amides is 1. The summed E-state index contributed by atoms with van der Waals surface area (Å²) in [5.74, 6) is -2.18. The van der Waals surface area contributed by atoms with Gasteiger partial charge in [-0.05, 0) is 19.3 Å². The van der Waals surface area contributed by atoms with Gasteiger partial charge in [-0.25, -0.2) is 0 Å². The Balaban J connectivity index is 2.44. The Labute approximate surface area is 98.3 Å². The van der Waals surface area contributed by atoms with E-state index in [4.69, 9.17) is 15.6 Å². The zero-order valence-corrected chi connectivity index (χ0v) is 9.35. The van der Waals surface area contributed by atoms with Gasteiger partial charge in [-0.2, -0.15) is 0 Å². The molecule has 0 unspecified atom stereocenters. The molecule has 96 valence electrons. The van der Waals surface area contributed by atoms with Crippen LogP contribution in [-0.4, -0.2) is 41.6 Å². The number of hydrogen-bond acceptors (Lipinski definition) is 4. The predicted molar refractivity (Wildman–Crippen MR) is 57.0 cm³/mol. The molecule has 0 spiro atoms. The van der Waals surface area contributed by atoms with E-state index in [2.05, 4.69) is 5.32 Å². The van der Waals surface area contributed by atoms with Gasteiger partial charge in [0.2, 0.25) is 11.8 Å². The van der Waals surface area contributed by atoms with Crippen molar-refractivity contribution >= 4 is 17.8 Å². The van der Waals surface area contributed by atoms with Gasteiger partial charge in [0.15, 0.2) is 0 Å². The van der Waals surface area contributed by atoms with Crippen molar-refractivity contribution < 1.29 is 24.2 Å². The highest BCUT2D eigenvalue weighted by Crippen LogP contribution is 2.12. The van der Waals surface area contributed by atoms with Gasteiger partial charge < -0.3 is 20.9 Å². The van der Waals surface area contributed by atoms with Crippen molar-refractivity contribution in [3.63, 3.8) is 0 Å². The first-order valence-electron chi connectivity index (χ1n) is 5.44. The number of rotatable bonds is 6. The Bertz CT molecular complexity index is 312. The van der Waals surface area contributed by atoms with Gasteiger partial charge in [-0.3, -0.25) is 14.4 Å². The zero-order valence-electron chi connectivity index (χ0n) is 9.35. The summed E-state index contributed by atoms with van der Waals surface area (Å²) in [6.45, 7) is 0.522. The topological polar surface area (TPSA) is 119 Å². The lowest BCUT2D eigenvalue weighted by atomic mass is 10.1. The van der Waals surface area contributed by atoms with Gasteiger partial charge in [0.25, 0.3) is 0 Å². The molecular weight excluding hydrogens is 228 g/mol.